The van der Waals surface area contributed by atoms with Crippen LogP contribution in [0.3, 0.4) is 0 Å². The highest BCUT2D eigenvalue weighted by Gasteiger charge is 2.40. The molecule has 8 heteroatoms. The number of hydrogen-bond acceptors (Lipinski definition) is 6. The third-order valence-electron chi connectivity index (χ3n) is 5.36. The molecule has 0 radical (unpaired) electrons. The summed E-state index contributed by atoms with van der Waals surface area (Å²) < 4.78 is 18.4. The van der Waals surface area contributed by atoms with E-state index in [4.69, 9.17) is 4.74 Å². The molecule has 2 aliphatic rings. The normalized spacial score (nSPS) is 17.3. The Morgan fingerprint density at radius 1 is 1.15 bits per heavy atom. The van der Waals surface area contributed by atoms with E-state index in [0.29, 0.717) is 17.8 Å². The minimum atomic E-state index is -0.441. The lowest BCUT2D eigenvalue weighted by Crippen LogP contribution is -2.38. The molecule has 170 valence electrons. The predicted molar refractivity (Wildman–Crippen MR) is 126 cm³/mol. The zero-order valence-corrected chi connectivity index (χ0v) is 19.2. The van der Waals surface area contributed by atoms with Gasteiger partial charge in [0.05, 0.1) is 30.3 Å². The number of fused-ring (bicyclic) bond motifs is 1. The van der Waals surface area contributed by atoms with E-state index in [9.17, 15) is 14.0 Å². The quantitative estimate of drug-likeness (QED) is 0.602. The highest BCUT2D eigenvalue weighted by Crippen LogP contribution is 2.44. The second-order valence-electron chi connectivity index (χ2n) is 7.60. The first-order chi connectivity index (χ1) is 16.0. The van der Waals surface area contributed by atoms with Gasteiger partial charge in [0.1, 0.15) is 5.82 Å². The Labute approximate surface area is 196 Å². The van der Waals surface area contributed by atoms with Crippen molar-refractivity contribution in [2.45, 2.75) is 32.9 Å². The number of amidine groups is 1. The standard InChI is InChI=1S/C25H24FN3O3S/c1-3-32-24(31)22-16(2)28-25-29(23(22)18-7-5-4-6-8-18)20(15-33-25)13-21(30)27-14-17-9-11-19(26)12-10-17/h4-12,15,23H,3,13-14H2,1-2H3,(H,27,30)/t23-/m0/s1. The summed E-state index contributed by atoms with van der Waals surface area (Å²) in [4.78, 5) is 32.2. The smallest absolute Gasteiger partial charge is 0.338 e. The Balaban J connectivity index is 1.57. The minimum Gasteiger partial charge on any atom is -0.463 e. The SMILES string of the molecule is CCOC(=O)C1=C(C)N=C2SC=C(CC(=O)NCc3ccc(F)cc3)N2[C@H]1c1ccccc1. The third kappa shape index (κ3) is 5.01. The number of thioether (sulfide) groups is 1. The Kier molecular flexibility index (Phi) is 6.93. The van der Waals surface area contributed by atoms with Crippen LogP contribution in [0.25, 0.3) is 0 Å². The second-order valence-corrected chi connectivity index (χ2v) is 8.44. The van der Waals surface area contributed by atoms with Gasteiger partial charge in [-0.15, -0.1) is 0 Å². The Bertz CT molecular complexity index is 1140. The molecule has 0 unspecified atom stereocenters. The van der Waals surface area contributed by atoms with Crippen molar-refractivity contribution in [2.75, 3.05) is 6.61 Å². The maximum atomic E-state index is 13.1. The van der Waals surface area contributed by atoms with Gasteiger partial charge in [-0.25, -0.2) is 14.2 Å². The second kappa shape index (κ2) is 10.0. The lowest BCUT2D eigenvalue weighted by Gasteiger charge is -2.36. The van der Waals surface area contributed by atoms with E-state index >= 15 is 0 Å². The van der Waals surface area contributed by atoms with Crippen LogP contribution in [0.2, 0.25) is 0 Å². The largest absolute Gasteiger partial charge is 0.463 e. The Morgan fingerprint density at radius 2 is 1.88 bits per heavy atom. The van der Waals surface area contributed by atoms with E-state index in [-0.39, 0.29) is 24.8 Å². The number of rotatable bonds is 7. The van der Waals surface area contributed by atoms with Gasteiger partial charge in [0.25, 0.3) is 0 Å². The number of amides is 1. The summed E-state index contributed by atoms with van der Waals surface area (Å²) >= 11 is 1.43. The maximum Gasteiger partial charge on any atom is 0.338 e. The molecule has 2 aromatic carbocycles. The summed E-state index contributed by atoms with van der Waals surface area (Å²) in [6.45, 7) is 4.14. The molecule has 0 saturated carbocycles. The van der Waals surface area contributed by atoms with Crippen LogP contribution in [0.1, 0.15) is 37.4 Å². The number of nitrogens with one attached hydrogen (secondary N) is 1. The van der Waals surface area contributed by atoms with Gasteiger partial charge in [-0.1, -0.05) is 54.2 Å². The molecule has 6 nitrogen and oxygen atoms in total. The first-order valence-corrected chi connectivity index (χ1v) is 11.5. The van der Waals surface area contributed by atoms with E-state index in [0.717, 1.165) is 22.0 Å². The van der Waals surface area contributed by atoms with Crippen LogP contribution in [0.15, 0.2) is 82.0 Å². The van der Waals surface area contributed by atoms with Crippen molar-refractivity contribution in [1.29, 1.82) is 0 Å². The predicted octanol–water partition coefficient (Wildman–Crippen LogP) is 4.67. The fraction of sp³-hybridized carbons (Fsp3) is 0.240. The molecular formula is C25H24FN3O3S. The maximum absolute atomic E-state index is 13.1. The summed E-state index contributed by atoms with van der Waals surface area (Å²) in [6.07, 6.45) is 0.117. The topological polar surface area (TPSA) is 71.0 Å². The molecule has 0 aromatic heterocycles. The zero-order valence-electron chi connectivity index (χ0n) is 18.4. The van der Waals surface area contributed by atoms with Crippen molar-refractivity contribution >= 4 is 28.8 Å². The molecule has 1 N–H and O–H groups in total. The van der Waals surface area contributed by atoms with Gasteiger partial charge < -0.3 is 15.0 Å². The molecule has 2 aromatic rings. The summed E-state index contributed by atoms with van der Waals surface area (Å²) in [5, 5.41) is 5.49. The lowest BCUT2D eigenvalue weighted by atomic mass is 9.94. The van der Waals surface area contributed by atoms with Gasteiger partial charge in [-0.2, -0.15) is 0 Å². The van der Waals surface area contributed by atoms with E-state index in [2.05, 4.69) is 10.3 Å². The number of carbonyl (C=O) groups excluding carboxylic acids is 2. The van der Waals surface area contributed by atoms with Crippen molar-refractivity contribution in [3.8, 4) is 0 Å². The molecule has 0 fully saturated rings. The van der Waals surface area contributed by atoms with Gasteiger partial charge in [0.15, 0.2) is 5.17 Å². The first-order valence-electron chi connectivity index (χ1n) is 10.7. The molecule has 1 atom stereocenters. The van der Waals surface area contributed by atoms with E-state index in [1.165, 1.54) is 23.9 Å². The van der Waals surface area contributed by atoms with Crippen molar-refractivity contribution in [3.05, 3.63) is 93.9 Å². The van der Waals surface area contributed by atoms with Crippen LogP contribution >= 0.6 is 11.8 Å². The van der Waals surface area contributed by atoms with Crippen LogP contribution in [0.5, 0.6) is 0 Å². The van der Waals surface area contributed by atoms with Gasteiger partial charge in [0.2, 0.25) is 5.91 Å². The van der Waals surface area contributed by atoms with E-state index in [1.54, 1.807) is 26.0 Å². The zero-order chi connectivity index (χ0) is 23.4. The van der Waals surface area contributed by atoms with Crippen LogP contribution in [-0.2, 0) is 20.9 Å². The number of carbonyl (C=O) groups is 2. The molecule has 0 aliphatic carbocycles. The fourth-order valence-corrected chi connectivity index (χ4v) is 4.78. The molecule has 33 heavy (non-hydrogen) atoms. The van der Waals surface area contributed by atoms with Crippen LogP contribution < -0.4 is 5.32 Å². The number of nitrogens with zero attached hydrogens (tertiary/aromatic N) is 2. The van der Waals surface area contributed by atoms with Gasteiger partial charge in [0, 0.05) is 12.2 Å². The molecule has 0 spiro atoms. The molecular weight excluding hydrogens is 441 g/mol. The average Bonchev–Trinajstić information content (AvgIpc) is 3.20. The van der Waals surface area contributed by atoms with Crippen LogP contribution in [0, 0.1) is 5.82 Å². The van der Waals surface area contributed by atoms with Crippen molar-refractivity contribution in [1.82, 2.24) is 10.2 Å². The highest BCUT2D eigenvalue weighted by molar-refractivity contribution is 8.16. The van der Waals surface area contributed by atoms with Gasteiger partial charge >= 0.3 is 5.97 Å². The molecule has 2 aliphatic heterocycles. The lowest BCUT2D eigenvalue weighted by molar-refractivity contribution is -0.139. The van der Waals surface area contributed by atoms with Gasteiger partial charge in [-0.05, 0) is 42.5 Å². The van der Waals surface area contributed by atoms with E-state index < -0.39 is 12.0 Å². The van der Waals surface area contributed by atoms with Crippen molar-refractivity contribution in [2.24, 2.45) is 4.99 Å². The number of ether oxygens (including phenoxy) is 1. The third-order valence-corrected chi connectivity index (χ3v) is 6.24. The number of aliphatic imine (C=N–C) groups is 1. The molecule has 0 saturated heterocycles. The number of allylic oxidation sites excluding steroid dienone is 1. The summed E-state index contributed by atoms with van der Waals surface area (Å²) in [7, 11) is 0. The highest BCUT2D eigenvalue weighted by atomic mass is 32.2. The summed E-state index contributed by atoms with van der Waals surface area (Å²) in [5.41, 5.74) is 3.54. The van der Waals surface area contributed by atoms with Crippen LogP contribution in [0.4, 0.5) is 4.39 Å². The Hall–Kier alpha value is -3.39. The Morgan fingerprint density at radius 3 is 2.58 bits per heavy atom. The number of hydrogen-bond donors (Lipinski definition) is 1. The molecule has 2 heterocycles. The number of esters is 1. The summed E-state index contributed by atoms with van der Waals surface area (Å²) in [6, 6.07) is 15.2. The summed E-state index contributed by atoms with van der Waals surface area (Å²) in [5.74, 6) is -0.908. The molecule has 0 bridgehead atoms. The average molecular weight is 466 g/mol. The first kappa shape index (κ1) is 22.8. The van der Waals surface area contributed by atoms with Crippen LogP contribution in [-0.4, -0.2) is 28.6 Å². The molecule has 4 rings (SSSR count). The fourth-order valence-electron chi connectivity index (χ4n) is 3.82. The van der Waals surface area contributed by atoms with Gasteiger partial charge in [-0.3, -0.25) is 4.79 Å². The number of halogens is 1. The van der Waals surface area contributed by atoms with Crippen molar-refractivity contribution < 1.29 is 18.7 Å². The number of benzene rings is 2. The molecule has 1 amide bonds. The monoisotopic (exact) mass is 465 g/mol. The van der Waals surface area contributed by atoms with E-state index in [1.807, 2.05) is 40.6 Å². The van der Waals surface area contributed by atoms with Crippen molar-refractivity contribution in [3.63, 3.8) is 0 Å². The minimum absolute atomic E-state index is 0.117.